The van der Waals surface area contributed by atoms with Crippen LogP contribution in [0.15, 0.2) is 28.7 Å². The number of amides is 1. The fourth-order valence-electron chi connectivity index (χ4n) is 1.65. The summed E-state index contributed by atoms with van der Waals surface area (Å²) in [6, 6.07) is 5.74. The van der Waals surface area contributed by atoms with E-state index in [-0.39, 0.29) is 5.91 Å². The van der Waals surface area contributed by atoms with Gasteiger partial charge in [0, 0.05) is 17.6 Å². The number of hydrogen-bond donors (Lipinski definition) is 0. The summed E-state index contributed by atoms with van der Waals surface area (Å²) in [5.41, 5.74) is 1.27. The molecule has 0 aromatic carbocycles. The fourth-order valence-corrected chi connectivity index (χ4v) is 2.83. The van der Waals surface area contributed by atoms with Gasteiger partial charge in [0.2, 0.25) is 0 Å². The van der Waals surface area contributed by atoms with Crippen LogP contribution in [0.5, 0.6) is 0 Å². The van der Waals surface area contributed by atoms with Gasteiger partial charge in [-0.1, -0.05) is 17.8 Å². The Balaban J connectivity index is 2.16. The Bertz CT molecular complexity index is 569. The molecule has 0 spiro atoms. The van der Waals surface area contributed by atoms with E-state index in [1.165, 1.54) is 11.8 Å². The van der Waals surface area contributed by atoms with Crippen molar-refractivity contribution in [3.63, 3.8) is 0 Å². The molecule has 0 bridgehead atoms. The molecule has 0 saturated heterocycles. The number of thiophene rings is 1. The number of aromatic nitrogens is 2. The average molecular weight is 293 g/mol. The van der Waals surface area contributed by atoms with Gasteiger partial charge in [-0.05, 0) is 30.7 Å². The maximum absolute atomic E-state index is 12.3. The zero-order chi connectivity index (χ0) is 13.8. The smallest absolute Gasteiger partial charge is 0.272 e. The lowest BCUT2D eigenvalue weighted by Gasteiger charge is -2.16. The molecule has 2 heterocycles. The average Bonchev–Trinajstić information content (AvgIpc) is 2.89. The van der Waals surface area contributed by atoms with Crippen molar-refractivity contribution in [2.24, 2.45) is 0 Å². The highest BCUT2D eigenvalue weighted by molar-refractivity contribution is 7.98. The molecule has 0 saturated carbocycles. The third kappa shape index (κ3) is 3.54. The van der Waals surface area contributed by atoms with E-state index in [0.717, 1.165) is 10.6 Å². The van der Waals surface area contributed by atoms with Crippen LogP contribution in [0, 0.1) is 6.92 Å². The number of carbonyl (C=O) groups excluding carboxylic acids is 1. The number of nitrogens with zero attached hydrogens (tertiary/aromatic N) is 3. The first-order valence-corrected chi connectivity index (χ1v) is 7.88. The van der Waals surface area contributed by atoms with Crippen molar-refractivity contribution in [1.82, 2.24) is 14.9 Å². The first kappa shape index (κ1) is 14.0. The summed E-state index contributed by atoms with van der Waals surface area (Å²) in [6.07, 6.45) is 1.90. The molecule has 4 nitrogen and oxygen atoms in total. The summed E-state index contributed by atoms with van der Waals surface area (Å²) in [4.78, 5) is 23.7. The number of rotatable bonds is 4. The Hall–Kier alpha value is -1.40. The molecular weight excluding hydrogens is 278 g/mol. The second-order valence-electron chi connectivity index (χ2n) is 4.12. The fraction of sp³-hybridized carbons (Fsp3) is 0.308. The van der Waals surface area contributed by atoms with Crippen molar-refractivity contribution in [2.75, 3.05) is 13.3 Å². The van der Waals surface area contributed by atoms with Crippen LogP contribution < -0.4 is 0 Å². The van der Waals surface area contributed by atoms with E-state index in [0.29, 0.717) is 17.4 Å². The monoisotopic (exact) mass is 293 g/mol. The van der Waals surface area contributed by atoms with Gasteiger partial charge in [0.25, 0.3) is 5.91 Å². The molecule has 0 fully saturated rings. The zero-order valence-electron chi connectivity index (χ0n) is 11.1. The van der Waals surface area contributed by atoms with E-state index in [1.807, 2.05) is 30.7 Å². The van der Waals surface area contributed by atoms with E-state index in [9.17, 15) is 4.79 Å². The van der Waals surface area contributed by atoms with Gasteiger partial charge >= 0.3 is 0 Å². The van der Waals surface area contributed by atoms with Crippen LogP contribution in [0.4, 0.5) is 0 Å². The molecule has 0 aliphatic heterocycles. The van der Waals surface area contributed by atoms with Crippen LogP contribution in [-0.2, 0) is 6.54 Å². The molecule has 0 aliphatic carbocycles. The molecule has 0 N–H and O–H groups in total. The van der Waals surface area contributed by atoms with Gasteiger partial charge in [-0.3, -0.25) is 4.79 Å². The first-order valence-electron chi connectivity index (χ1n) is 5.77. The Labute approximate surface area is 120 Å². The summed E-state index contributed by atoms with van der Waals surface area (Å²) in [5.74, 6) is -0.0748. The molecule has 2 aromatic rings. The van der Waals surface area contributed by atoms with Crippen LogP contribution in [-0.4, -0.2) is 34.1 Å². The Morgan fingerprint density at radius 3 is 2.89 bits per heavy atom. The number of carbonyl (C=O) groups is 1. The van der Waals surface area contributed by atoms with Crippen molar-refractivity contribution in [2.45, 2.75) is 18.6 Å². The van der Waals surface area contributed by atoms with Crippen LogP contribution in [0.2, 0.25) is 0 Å². The van der Waals surface area contributed by atoms with Crippen LogP contribution >= 0.6 is 23.1 Å². The predicted octanol–water partition coefficient (Wildman–Crippen LogP) is 2.84. The lowest BCUT2D eigenvalue weighted by Crippen LogP contribution is -2.27. The SMILES string of the molecule is CSc1nc(C)cc(C(=O)N(C)Cc2cccs2)n1. The molecular formula is C13H15N3OS2. The molecule has 2 aromatic heterocycles. The second-order valence-corrected chi connectivity index (χ2v) is 5.93. The standard InChI is InChI=1S/C13H15N3OS2/c1-9-7-11(15-13(14-9)18-3)12(17)16(2)8-10-5-4-6-19-10/h4-7H,8H2,1-3H3. The largest absolute Gasteiger partial charge is 0.335 e. The number of hydrogen-bond acceptors (Lipinski definition) is 5. The summed E-state index contributed by atoms with van der Waals surface area (Å²) in [7, 11) is 1.79. The van der Waals surface area contributed by atoms with Crippen LogP contribution in [0.1, 0.15) is 21.1 Å². The van der Waals surface area contributed by atoms with Gasteiger partial charge in [-0.25, -0.2) is 9.97 Å². The first-order chi connectivity index (χ1) is 9.10. The third-order valence-corrected chi connectivity index (χ3v) is 3.96. The van der Waals surface area contributed by atoms with Crippen molar-refractivity contribution < 1.29 is 4.79 Å². The van der Waals surface area contributed by atoms with Crippen molar-refractivity contribution >= 4 is 29.0 Å². The van der Waals surface area contributed by atoms with Crippen molar-refractivity contribution in [1.29, 1.82) is 0 Å². The quantitative estimate of drug-likeness (QED) is 0.642. The Morgan fingerprint density at radius 1 is 1.47 bits per heavy atom. The van der Waals surface area contributed by atoms with E-state index >= 15 is 0 Å². The minimum Gasteiger partial charge on any atom is -0.335 e. The number of thioether (sulfide) groups is 1. The highest BCUT2D eigenvalue weighted by Crippen LogP contribution is 2.15. The zero-order valence-corrected chi connectivity index (χ0v) is 12.7. The van der Waals surface area contributed by atoms with Crippen molar-refractivity contribution in [3.8, 4) is 0 Å². The molecule has 1 amide bonds. The third-order valence-electron chi connectivity index (χ3n) is 2.56. The van der Waals surface area contributed by atoms with Gasteiger partial charge in [-0.2, -0.15) is 0 Å². The molecule has 2 rings (SSSR count). The molecule has 100 valence electrons. The highest BCUT2D eigenvalue weighted by Gasteiger charge is 2.15. The predicted molar refractivity (Wildman–Crippen MR) is 78.7 cm³/mol. The summed E-state index contributed by atoms with van der Waals surface area (Å²) in [6.45, 7) is 2.48. The topological polar surface area (TPSA) is 46.1 Å². The maximum Gasteiger partial charge on any atom is 0.272 e. The second kappa shape index (κ2) is 6.16. The highest BCUT2D eigenvalue weighted by atomic mass is 32.2. The summed E-state index contributed by atoms with van der Waals surface area (Å²) >= 11 is 3.08. The summed E-state index contributed by atoms with van der Waals surface area (Å²) < 4.78 is 0. The van der Waals surface area contributed by atoms with E-state index < -0.39 is 0 Å². The molecule has 0 atom stereocenters. The van der Waals surface area contributed by atoms with Gasteiger partial charge in [0.1, 0.15) is 5.69 Å². The molecule has 0 aliphatic rings. The summed E-state index contributed by atoms with van der Waals surface area (Å²) in [5, 5.41) is 2.64. The van der Waals surface area contributed by atoms with Crippen molar-refractivity contribution in [3.05, 3.63) is 39.8 Å². The maximum atomic E-state index is 12.3. The lowest BCUT2D eigenvalue weighted by molar-refractivity contribution is 0.0779. The lowest BCUT2D eigenvalue weighted by atomic mass is 10.3. The molecule has 19 heavy (non-hydrogen) atoms. The van der Waals surface area contributed by atoms with E-state index in [4.69, 9.17) is 0 Å². The minimum atomic E-state index is -0.0748. The molecule has 6 heteroatoms. The van der Waals surface area contributed by atoms with Crippen LogP contribution in [0.3, 0.4) is 0 Å². The number of aryl methyl sites for hydroxylation is 1. The van der Waals surface area contributed by atoms with E-state index in [2.05, 4.69) is 9.97 Å². The van der Waals surface area contributed by atoms with Gasteiger partial charge in [-0.15, -0.1) is 11.3 Å². The molecule has 0 radical (unpaired) electrons. The molecule has 0 unspecified atom stereocenters. The van der Waals surface area contributed by atoms with Gasteiger partial charge in [0.15, 0.2) is 5.16 Å². The normalized spacial score (nSPS) is 10.5. The van der Waals surface area contributed by atoms with Gasteiger partial charge in [0.05, 0.1) is 6.54 Å². The Morgan fingerprint density at radius 2 is 2.26 bits per heavy atom. The van der Waals surface area contributed by atoms with Crippen LogP contribution in [0.25, 0.3) is 0 Å². The van der Waals surface area contributed by atoms with E-state index in [1.54, 1.807) is 29.4 Å². The Kier molecular flexibility index (Phi) is 4.55. The van der Waals surface area contributed by atoms with Gasteiger partial charge < -0.3 is 4.90 Å². The minimum absolute atomic E-state index is 0.0748.